The molecule has 2 rings (SSSR count). The maximum Gasteiger partial charge on any atom is 0.220 e. The van der Waals surface area contributed by atoms with Gasteiger partial charge in [-0.1, -0.05) is 0 Å². The van der Waals surface area contributed by atoms with E-state index in [4.69, 9.17) is 5.73 Å². The van der Waals surface area contributed by atoms with E-state index in [2.05, 4.69) is 16.0 Å². The molecule has 0 unspecified atom stereocenters. The van der Waals surface area contributed by atoms with Crippen molar-refractivity contribution in [3.8, 4) is 6.07 Å². The number of nitrogens with zero attached hydrogens (tertiary/aromatic N) is 3. The van der Waals surface area contributed by atoms with Gasteiger partial charge in [0.2, 0.25) is 5.91 Å². The highest BCUT2D eigenvalue weighted by atomic mass is 16.1. The van der Waals surface area contributed by atoms with Crippen LogP contribution in [0.3, 0.4) is 0 Å². The van der Waals surface area contributed by atoms with Crippen molar-refractivity contribution in [2.45, 2.75) is 26.7 Å². The summed E-state index contributed by atoms with van der Waals surface area (Å²) in [6.45, 7) is 5.29. The van der Waals surface area contributed by atoms with E-state index in [1.165, 1.54) is 0 Å². The summed E-state index contributed by atoms with van der Waals surface area (Å²) < 4.78 is 0. The first-order chi connectivity index (χ1) is 9.02. The number of carbonyl (C=O) groups is 1. The molecule has 5 nitrogen and oxygen atoms in total. The first-order valence-electron chi connectivity index (χ1n) is 6.45. The van der Waals surface area contributed by atoms with E-state index in [9.17, 15) is 10.1 Å². The minimum Gasteiger partial charge on any atom is -0.370 e. The van der Waals surface area contributed by atoms with Crippen molar-refractivity contribution in [2.24, 2.45) is 11.7 Å². The van der Waals surface area contributed by atoms with E-state index in [0.29, 0.717) is 5.56 Å². The largest absolute Gasteiger partial charge is 0.370 e. The van der Waals surface area contributed by atoms with E-state index in [0.717, 1.165) is 43.0 Å². The zero-order valence-electron chi connectivity index (χ0n) is 11.3. The molecule has 2 heterocycles. The SMILES string of the molecule is Cc1cc(N2CCC(C(N)=O)CC2)c(C#N)c(C)n1. The summed E-state index contributed by atoms with van der Waals surface area (Å²) >= 11 is 0. The van der Waals surface area contributed by atoms with Crippen LogP contribution in [0.2, 0.25) is 0 Å². The molecule has 1 aromatic heterocycles. The second-order valence-corrected chi connectivity index (χ2v) is 5.02. The van der Waals surface area contributed by atoms with Crippen LogP contribution in [-0.4, -0.2) is 24.0 Å². The molecular formula is C14H18N4O. The lowest BCUT2D eigenvalue weighted by atomic mass is 9.95. The van der Waals surface area contributed by atoms with Crippen LogP contribution in [-0.2, 0) is 4.79 Å². The number of nitriles is 1. The Kier molecular flexibility index (Phi) is 3.70. The summed E-state index contributed by atoms with van der Waals surface area (Å²) in [6, 6.07) is 4.17. The first-order valence-corrected chi connectivity index (χ1v) is 6.45. The molecule has 0 atom stereocenters. The molecule has 1 aliphatic heterocycles. The molecule has 0 spiro atoms. The summed E-state index contributed by atoms with van der Waals surface area (Å²) in [4.78, 5) is 17.6. The molecule has 1 aromatic rings. The van der Waals surface area contributed by atoms with Crippen molar-refractivity contribution in [1.82, 2.24) is 4.98 Å². The van der Waals surface area contributed by atoms with Crippen molar-refractivity contribution in [3.63, 3.8) is 0 Å². The number of piperidine rings is 1. The van der Waals surface area contributed by atoms with Gasteiger partial charge in [0.05, 0.1) is 16.9 Å². The third kappa shape index (κ3) is 2.68. The molecule has 5 heteroatoms. The lowest BCUT2D eigenvalue weighted by molar-refractivity contribution is -0.122. The number of hydrogen-bond acceptors (Lipinski definition) is 4. The van der Waals surface area contributed by atoms with Crippen LogP contribution in [0.5, 0.6) is 0 Å². The average Bonchev–Trinajstić information content (AvgIpc) is 2.38. The highest BCUT2D eigenvalue weighted by Crippen LogP contribution is 2.27. The van der Waals surface area contributed by atoms with Gasteiger partial charge in [-0.05, 0) is 32.8 Å². The fourth-order valence-corrected chi connectivity index (χ4v) is 2.60. The number of carbonyl (C=O) groups excluding carboxylic acids is 1. The number of anilines is 1. The van der Waals surface area contributed by atoms with Gasteiger partial charge in [0.25, 0.3) is 0 Å². The molecule has 1 amide bonds. The number of aromatic nitrogens is 1. The molecule has 0 saturated carbocycles. The quantitative estimate of drug-likeness (QED) is 0.866. The van der Waals surface area contributed by atoms with Crippen molar-refractivity contribution in [1.29, 1.82) is 5.26 Å². The molecule has 1 fully saturated rings. The summed E-state index contributed by atoms with van der Waals surface area (Å²) in [7, 11) is 0. The number of primary amides is 1. The molecule has 19 heavy (non-hydrogen) atoms. The van der Waals surface area contributed by atoms with Gasteiger partial charge in [-0.2, -0.15) is 5.26 Å². The molecule has 100 valence electrons. The van der Waals surface area contributed by atoms with Gasteiger partial charge in [-0.25, -0.2) is 0 Å². The highest BCUT2D eigenvalue weighted by molar-refractivity contribution is 5.77. The molecule has 0 bridgehead atoms. The number of aryl methyl sites for hydroxylation is 2. The average molecular weight is 258 g/mol. The van der Waals surface area contributed by atoms with Crippen LogP contribution in [0.1, 0.15) is 29.8 Å². The Morgan fingerprint density at radius 2 is 2.11 bits per heavy atom. The van der Waals surface area contributed by atoms with Crippen LogP contribution in [0.25, 0.3) is 0 Å². The van der Waals surface area contributed by atoms with Crippen LogP contribution in [0.4, 0.5) is 5.69 Å². The minimum atomic E-state index is -0.220. The topological polar surface area (TPSA) is 83.0 Å². The number of pyridine rings is 1. The van der Waals surface area contributed by atoms with E-state index in [1.54, 1.807) is 0 Å². The Morgan fingerprint density at radius 3 is 2.63 bits per heavy atom. The van der Waals surface area contributed by atoms with E-state index < -0.39 is 0 Å². The Labute approximate surface area is 113 Å². The maximum absolute atomic E-state index is 11.2. The fourth-order valence-electron chi connectivity index (χ4n) is 2.60. The van der Waals surface area contributed by atoms with E-state index >= 15 is 0 Å². The molecule has 1 aliphatic rings. The lowest BCUT2D eigenvalue weighted by Gasteiger charge is -2.33. The van der Waals surface area contributed by atoms with Crippen LogP contribution in [0.15, 0.2) is 6.07 Å². The molecule has 0 radical (unpaired) electrons. The van der Waals surface area contributed by atoms with Crippen LogP contribution in [0, 0.1) is 31.1 Å². The van der Waals surface area contributed by atoms with Crippen molar-refractivity contribution >= 4 is 11.6 Å². The standard InChI is InChI=1S/C14H18N4O/c1-9-7-13(12(8-15)10(2)17-9)18-5-3-11(4-6-18)14(16)19/h7,11H,3-6H2,1-2H3,(H2,16,19). The number of amides is 1. The summed E-state index contributed by atoms with van der Waals surface area (Å²) in [5.41, 5.74) is 8.55. The van der Waals surface area contributed by atoms with E-state index in [-0.39, 0.29) is 11.8 Å². The molecule has 0 aliphatic carbocycles. The van der Waals surface area contributed by atoms with E-state index in [1.807, 2.05) is 19.9 Å². The van der Waals surface area contributed by atoms with Crippen LogP contribution >= 0.6 is 0 Å². The molecule has 0 aromatic carbocycles. The fraction of sp³-hybridized carbons (Fsp3) is 0.500. The predicted molar refractivity (Wildman–Crippen MR) is 72.6 cm³/mol. The molecule has 1 saturated heterocycles. The van der Waals surface area contributed by atoms with Gasteiger partial charge in [-0.3, -0.25) is 9.78 Å². The zero-order valence-corrected chi connectivity index (χ0v) is 11.3. The number of nitrogens with two attached hydrogens (primary N) is 1. The third-order valence-electron chi connectivity index (χ3n) is 3.66. The number of rotatable bonds is 2. The molecular weight excluding hydrogens is 240 g/mol. The van der Waals surface area contributed by atoms with Gasteiger partial charge in [0.15, 0.2) is 0 Å². The monoisotopic (exact) mass is 258 g/mol. The first kappa shape index (κ1) is 13.3. The van der Waals surface area contributed by atoms with Gasteiger partial charge in [-0.15, -0.1) is 0 Å². The van der Waals surface area contributed by atoms with Crippen LogP contribution < -0.4 is 10.6 Å². The summed E-state index contributed by atoms with van der Waals surface area (Å²) in [5, 5.41) is 9.27. The van der Waals surface area contributed by atoms with Gasteiger partial charge >= 0.3 is 0 Å². The third-order valence-corrected chi connectivity index (χ3v) is 3.66. The summed E-state index contributed by atoms with van der Waals surface area (Å²) in [5.74, 6) is -0.256. The Balaban J connectivity index is 2.25. The lowest BCUT2D eigenvalue weighted by Crippen LogP contribution is -2.39. The Bertz CT molecular complexity index is 539. The zero-order chi connectivity index (χ0) is 14.0. The highest BCUT2D eigenvalue weighted by Gasteiger charge is 2.25. The maximum atomic E-state index is 11.2. The second-order valence-electron chi connectivity index (χ2n) is 5.02. The van der Waals surface area contributed by atoms with Gasteiger partial charge in [0.1, 0.15) is 6.07 Å². The minimum absolute atomic E-state index is 0.0363. The van der Waals surface area contributed by atoms with Crippen molar-refractivity contribution in [3.05, 3.63) is 23.0 Å². The van der Waals surface area contributed by atoms with Crippen molar-refractivity contribution in [2.75, 3.05) is 18.0 Å². The Hall–Kier alpha value is -2.09. The summed E-state index contributed by atoms with van der Waals surface area (Å²) in [6.07, 6.45) is 1.50. The number of hydrogen-bond donors (Lipinski definition) is 1. The normalized spacial score (nSPS) is 16.2. The van der Waals surface area contributed by atoms with Crippen molar-refractivity contribution < 1.29 is 4.79 Å². The predicted octanol–water partition coefficient (Wildman–Crippen LogP) is 1.27. The smallest absolute Gasteiger partial charge is 0.220 e. The molecule has 2 N–H and O–H groups in total. The van der Waals surface area contributed by atoms with Gasteiger partial charge in [0, 0.05) is 24.7 Å². The Morgan fingerprint density at radius 1 is 1.47 bits per heavy atom. The van der Waals surface area contributed by atoms with Gasteiger partial charge < -0.3 is 10.6 Å². The second kappa shape index (κ2) is 5.27.